The smallest absolute Gasteiger partial charge is 0.0608 e. The van der Waals surface area contributed by atoms with E-state index >= 15 is 0 Å². The molecule has 0 aliphatic carbocycles. The van der Waals surface area contributed by atoms with Gasteiger partial charge in [-0.2, -0.15) is 0 Å². The fourth-order valence-electron chi connectivity index (χ4n) is 6.61. The summed E-state index contributed by atoms with van der Waals surface area (Å²) < 4.78 is 11.4. The molecule has 2 aliphatic heterocycles. The number of unbranched alkanes of at least 4 members (excludes halogenated alkanes) is 19. The van der Waals surface area contributed by atoms with Crippen LogP contribution in [0.1, 0.15) is 155 Å². The molecule has 6 heteroatoms. The number of hydrazine groups is 2. The van der Waals surface area contributed by atoms with Crippen LogP contribution in [0.2, 0.25) is 0 Å². The third kappa shape index (κ3) is 19.9. The Morgan fingerprint density at radius 1 is 0.357 bits per heavy atom. The summed E-state index contributed by atoms with van der Waals surface area (Å²) in [6.07, 6.45) is 30.8. The second-order valence-corrected chi connectivity index (χ2v) is 13.1. The molecule has 250 valence electrons. The molecular formula is C36H74N4O2. The van der Waals surface area contributed by atoms with E-state index in [4.69, 9.17) is 9.47 Å². The van der Waals surface area contributed by atoms with Crippen molar-refractivity contribution >= 4 is 0 Å². The molecule has 2 heterocycles. The van der Waals surface area contributed by atoms with Crippen LogP contribution in [0.3, 0.4) is 0 Å². The monoisotopic (exact) mass is 595 g/mol. The van der Waals surface area contributed by atoms with Crippen LogP contribution in [0.15, 0.2) is 0 Å². The van der Waals surface area contributed by atoms with Crippen LogP contribution in [-0.4, -0.2) is 98.8 Å². The summed E-state index contributed by atoms with van der Waals surface area (Å²) in [5.41, 5.74) is 0. The lowest BCUT2D eigenvalue weighted by Crippen LogP contribution is -2.50. The third-order valence-electron chi connectivity index (χ3n) is 9.40. The first kappa shape index (κ1) is 37.9. The predicted octanol–water partition coefficient (Wildman–Crippen LogP) is 8.71. The summed E-state index contributed by atoms with van der Waals surface area (Å²) in [6, 6.07) is 0. The van der Waals surface area contributed by atoms with Crippen LogP contribution in [-0.2, 0) is 9.47 Å². The summed E-state index contributed by atoms with van der Waals surface area (Å²) in [5.74, 6) is 0. The van der Waals surface area contributed by atoms with Gasteiger partial charge >= 0.3 is 0 Å². The minimum atomic E-state index is 0.887. The topological polar surface area (TPSA) is 31.4 Å². The number of hydrogen-bond donors (Lipinski definition) is 0. The lowest BCUT2D eigenvalue weighted by atomic mass is 10.1. The third-order valence-corrected chi connectivity index (χ3v) is 9.40. The van der Waals surface area contributed by atoms with E-state index in [1.54, 1.807) is 0 Å². The molecule has 2 rings (SSSR count). The molecule has 0 bridgehead atoms. The number of hydrogen-bond acceptors (Lipinski definition) is 6. The fourth-order valence-corrected chi connectivity index (χ4v) is 6.61. The molecule has 0 aromatic carbocycles. The zero-order valence-corrected chi connectivity index (χ0v) is 28.6. The normalized spacial score (nSPS) is 17.1. The Bertz CT molecular complexity index is 507. The van der Waals surface area contributed by atoms with Crippen LogP contribution in [0, 0.1) is 0 Å². The van der Waals surface area contributed by atoms with Gasteiger partial charge in [0.15, 0.2) is 0 Å². The molecule has 42 heavy (non-hydrogen) atoms. The van der Waals surface area contributed by atoms with Crippen LogP contribution in [0.5, 0.6) is 0 Å². The molecule has 0 aromatic rings. The highest BCUT2D eigenvalue weighted by Crippen LogP contribution is 2.15. The quantitative estimate of drug-likeness (QED) is 0.0805. The minimum absolute atomic E-state index is 0.887. The van der Waals surface area contributed by atoms with Crippen molar-refractivity contribution < 1.29 is 9.47 Å². The minimum Gasteiger partial charge on any atom is -0.379 e. The highest BCUT2D eigenvalue weighted by atomic mass is 16.5. The molecular weight excluding hydrogens is 520 g/mol. The van der Waals surface area contributed by atoms with Crippen LogP contribution >= 0.6 is 0 Å². The molecule has 6 nitrogen and oxygen atoms in total. The molecule has 2 fully saturated rings. The van der Waals surface area contributed by atoms with Gasteiger partial charge in [-0.3, -0.25) is 0 Å². The van der Waals surface area contributed by atoms with E-state index in [2.05, 4.69) is 33.9 Å². The predicted molar refractivity (Wildman–Crippen MR) is 181 cm³/mol. The number of rotatable bonds is 29. The SMILES string of the molecule is CCCCCCCCCCCCN(CCCCN(CCCCCCCCCCCC)N1CCOCC1)N1CCOCC1. The fraction of sp³-hybridized carbons (Fsp3) is 1.00. The van der Waals surface area contributed by atoms with E-state index in [1.807, 2.05) is 0 Å². The van der Waals surface area contributed by atoms with Crippen molar-refractivity contribution in [3.05, 3.63) is 0 Å². The second kappa shape index (κ2) is 28.2. The summed E-state index contributed by atoms with van der Waals surface area (Å²) in [7, 11) is 0. The maximum absolute atomic E-state index is 5.68. The molecule has 0 aromatic heterocycles. The van der Waals surface area contributed by atoms with Gasteiger partial charge in [0.25, 0.3) is 0 Å². The summed E-state index contributed by atoms with van der Waals surface area (Å²) in [4.78, 5) is 0. The van der Waals surface area contributed by atoms with E-state index in [1.165, 1.54) is 167 Å². The molecule has 0 amide bonds. The zero-order valence-electron chi connectivity index (χ0n) is 28.6. The van der Waals surface area contributed by atoms with Crippen molar-refractivity contribution in [2.45, 2.75) is 155 Å². The largest absolute Gasteiger partial charge is 0.379 e. The molecule has 2 saturated heterocycles. The Morgan fingerprint density at radius 2 is 0.595 bits per heavy atom. The van der Waals surface area contributed by atoms with E-state index in [0.29, 0.717) is 0 Å². The van der Waals surface area contributed by atoms with Crippen molar-refractivity contribution in [1.29, 1.82) is 0 Å². The van der Waals surface area contributed by atoms with Crippen molar-refractivity contribution in [2.75, 3.05) is 78.8 Å². The average molecular weight is 595 g/mol. The maximum Gasteiger partial charge on any atom is 0.0608 e. The Hall–Kier alpha value is -0.240. The Labute approximate surface area is 263 Å². The highest BCUT2D eigenvalue weighted by molar-refractivity contribution is 4.66. The van der Waals surface area contributed by atoms with Crippen molar-refractivity contribution in [3.8, 4) is 0 Å². The molecule has 0 unspecified atom stereocenters. The van der Waals surface area contributed by atoms with E-state index in [9.17, 15) is 0 Å². The van der Waals surface area contributed by atoms with Crippen LogP contribution in [0.25, 0.3) is 0 Å². The van der Waals surface area contributed by atoms with E-state index < -0.39 is 0 Å². The molecule has 0 atom stereocenters. The van der Waals surface area contributed by atoms with E-state index in [0.717, 1.165) is 52.6 Å². The molecule has 0 spiro atoms. The Morgan fingerprint density at radius 3 is 0.881 bits per heavy atom. The van der Waals surface area contributed by atoms with Gasteiger partial charge in [-0.25, -0.2) is 20.0 Å². The molecule has 0 saturated carbocycles. The van der Waals surface area contributed by atoms with Crippen molar-refractivity contribution in [3.63, 3.8) is 0 Å². The van der Waals surface area contributed by atoms with Crippen molar-refractivity contribution in [1.82, 2.24) is 20.0 Å². The van der Waals surface area contributed by atoms with Gasteiger partial charge in [0.2, 0.25) is 0 Å². The van der Waals surface area contributed by atoms with Crippen LogP contribution < -0.4 is 0 Å². The van der Waals surface area contributed by atoms with Gasteiger partial charge in [0.1, 0.15) is 0 Å². The summed E-state index contributed by atoms with van der Waals surface area (Å²) >= 11 is 0. The lowest BCUT2D eigenvalue weighted by molar-refractivity contribution is -0.0981. The highest BCUT2D eigenvalue weighted by Gasteiger charge is 2.20. The Kier molecular flexibility index (Phi) is 25.5. The molecule has 2 aliphatic rings. The lowest BCUT2D eigenvalue weighted by Gasteiger charge is -2.39. The van der Waals surface area contributed by atoms with Crippen molar-refractivity contribution in [2.24, 2.45) is 0 Å². The summed E-state index contributed by atoms with van der Waals surface area (Å²) in [5, 5.41) is 10.6. The molecule has 0 radical (unpaired) electrons. The first-order valence-corrected chi connectivity index (χ1v) is 19.0. The Balaban J connectivity index is 1.63. The van der Waals surface area contributed by atoms with Gasteiger partial charge in [0, 0.05) is 52.4 Å². The van der Waals surface area contributed by atoms with Gasteiger partial charge in [-0.05, 0) is 25.7 Å². The molecule has 0 N–H and O–H groups in total. The summed E-state index contributed by atoms with van der Waals surface area (Å²) in [6.45, 7) is 17.3. The number of ether oxygens (including phenoxy) is 2. The first-order valence-electron chi connectivity index (χ1n) is 19.0. The average Bonchev–Trinajstić information content (AvgIpc) is 3.03. The van der Waals surface area contributed by atoms with Gasteiger partial charge < -0.3 is 9.47 Å². The standard InChI is InChI=1S/C36H74N4O2/c1-3-5-7-9-11-13-15-17-19-21-25-37(39-29-33-41-34-30-39)27-23-24-28-38(40-31-35-42-36-32-40)26-22-20-18-16-14-12-10-8-6-4-2/h3-36H2,1-2H3. The van der Waals surface area contributed by atoms with Crippen LogP contribution in [0.4, 0.5) is 0 Å². The van der Waals surface area contributed by atoms with E-state index in [-0.39, 0.29) is 0 Å². The maximum atomic E-state index is 5.68. The number of nitrogens with zero attached hydrogens (tertiary/aromatic N) is 4. The number of morpholine rings is 2. The van der Waals surface area contributed by atoms with Gasteiger partial charge in [0.05, 0.1) is 26.4 Å². The first-order chi connectivity index (χ1) is 20.8. The van der Waals surface area contributed by atoms with Gasteiger partial charge in [-0.1, -0.05) is 129 Å². The van der Waals surface area contributed by atoms with Gasteiger partial charge in [-0.15, -0.1) is 0 Å². The zero-order chi connectivity index (χ0) is 29.8. The second-order valence-electron chi connectivity index (χ2n) is 13.1.